The van der Waals surface area contributed by atoms with E-state index in [4.69, 9.17) is 5.73 Å². The van der Waals surface area contributed by atoms with Crippen molar-refractivity contribution in [1.29, 1.82) is 0 Å². The Labute approximate surface area is 110 Å². The smallest absolute Gasteiger partial charge is 0.234 e. The summed E-state index contributed by atoms with van der Waals surface area (Å²) < 4.78 is 0. The summed E-state index contributed by atoms with van der Waals surface area (Å²) in [6, 6.07) is 7.96. The standard InChI is InChI=1S/C15H24N2O/c1-5-15(4,11-16)14(18)17(6-2)13-10-8-7-9-12(13)3/h7-10H,5-6,11,16H2,1-4H3. The van der Waals surface area contributed by atoms with Crippen LogP contribution in [0.2, 0.25) is 0 Å². The van der Waals surface area contributed by atoms with Crippen molar-refractivity contribution in [3.8, 4) is 0 Å². The van der Waals surface area contributed by atoms with Crippen LogP contribution in [0, 0.1) is 12.3 Å². The van der Waals surface area contributed by atoms with Crippen molar-refractivity contribution in [2.75, 3.05) is 18.0 Å². The van der Waals surface area contributed by atoms with E-state index in [0.717, 1.165) is 17.7 Å². The van der Waals surface area contributed by atoms with Gasteiger partial charge in [-0.05, 0) is 38.8 Å². The number of para-hydroxylation sites is 1. The van der Waals surface area contributed by atoms with Crippen LogP contribution in [-0.2, 0) is 4.79 Å². The van der Waals surface area contributed by atoms with Crippen molar-refractivity contribution in [3.05, 3.63) is 29.8 Å². The highest BCUT2D eigenvalue weighted by Gasteiger charge is 2.34. The second-order valence-electron chi connectivity index (χ2n) is 4.95. The molecule has 0 bridgehead atoms. The molecule has 0 aliphatic heterocycles. The number of amides is 1. The van der Waals surface area contributed by atoms with Gasteiger partial charge in [-0.3, -0.25) is 4.79 Å². The lowest BCUT2D eigenvalue weighted by Crippen LogP contribution is -2.46. The van der Waals surface area contributed by atoms with E-state index in [1.54, 1.807) is 0 Å². The Bertz CT molecular complexity index is 411. The Morgan fingerprint density at radius 3 is 2.39 bits per heavy atom. The predicted octanol–water partition coefficient (Wildman–Crippen LogP) is 2.72. The van der Waals surface area contributed by atoms with Crippen molar-refractivity contribution in [2.45, 2.75) is 34.1 Å². The topological polar surface area (TPSA) is 46.3 Å². The molecule has 1 atom stereocenters. The highest BCUT2D eigenvalue weighted by Crippen LogP contribution is 2.28. The maximum absolute atomic E-state index is 12.7. The van der Waals surface area contributed by atoms with Crippen LogP contribution in [0.5, 0.6) is 0 Å². The molecule has 0 aliphatic carbocycles. The summed E-state index contributed by atoms with van der Waals surface area (Å²) in [5, 5.41) is 0. The Hall–Kier alpha value is -1.35. The molecule has 1 amide bonds. The second kappa shape index (κ2) is 6.01. The fourth-order valence-corrected chi connectivity index (χ4v) is 2.00. The molecule has 1 rings (SSSR count). The third-order valence-corrected chi connectivity index (χ3v) is 3.71. The Morgan fingerprint density at radius 1 is 1.33 bits per heavy atom. The number of carbonyl (C=O) groups is 1. The number of nitrogens with two attached hydrogens (primary N) is 1. The quantitative estimate of drug-likeness (QED) is 0.871. The lowest BCUT2D eigenvalue weighted by Gasteiger charge is -2.33. The van der Waals surface area contributed by atoms with Crippen LogP contribution < -0.4 is 10.6 Å². The minimum Gasteiger partial charge on any atom is -0.329 e. The first-order chi connectivity index (χ1) is 8.50. The number of anilines is 1. The zero-order valence-corrected chi connectivity index (χ0v) is 11.9. The van der Waals surface area contributed by atoms with Crippen LogP contribution in [-0.4, -0.2) is 19.0 Å². The van der Waals surface area contributed by atoms with Crippen LogP contribution in [0.15, 0.2) is 24.3 Å². The maximum atomic E-state index is 12.7. The van der Waals surface area contributed by atoms with E-state index in [2.05, 4.69) is 0 Å². The molecular weight excluding hydrogens is 224 g/mol. The first-order valence-corrected chi connectivity index (χ1v) is 6.57. The maximum Gasteiger partial charge on any atom is 0.234 e. The fourth-order valence-electron chi connectivity index (χ4n) is 2.00. The molecule has 2 N–H and O–H groups in total. The van der Waals surface area contributed by atoms with E-state index < -0.39 is 5.41 Å². The molecule has 0 aliphatic rings. The minimum atomic E-state index is -0.474. The van der Waals surface area contributed by atoms with Crippen LogP contribution in [0.3, 0.4) is 0 Å². The monoisotopic (exact) mass is 248 g/mol. The van der Waals surface area contributed by atoms with Crippen molar-refractivity contribution in [3.63, 3.8) is 0 Å². The van der Waals surface area contributed by atoms with Crippen molar-refractivity contribution >= 4 is 11.6 Å². The van der Waals surface area contributed by atoms with Gasteiger partial charge in [0.25, 0.3) is 0 Å². The molecule has 0 aromatic heterocycles. The van der Waals surface area contributed by atoms with Crippen molar-refractivity contribution in [2.24, 2.45) is 11.1 Å². The highest BCUT2D eigenvalue weighted by molar-refractivity contribution is 5.98. The van der Waals surface area contributed by atoms with Gasteiger partial charge in [-0.15, -0.1) is 0 Å². The molecule has 0 saturated heterocycles. The molecule has 1 aromatic carbocycles. The van der Waals surface area contributed by atoms with E-state index in [-0.39, 0.29) is 5.91 Å². The summed E-state index contributed by atoms with van der Waals surface area (Å²) in [5.74, 6) is 0.115. The summed E-state index contributed by atoms with van der Waals surface area (Å²) in [6.07, 6.45) is 0.755. The summed E-state index contributed by atoms with van der Waals surface area (Å²) >= 11 is 0. The van der Waals surface area contributed by atoms with Crippen molar-refractivity contribution in [1.82, 2.24) is 0 Å². The number of nitrogens with zero attached hydrogens (tertiary/aromatic N) is 1. The van der Waals surface area contributed by atoms with Crippen LogP contribution in [0.4, 0.5) is 5.69 Å². The van der Waals surface area contributed by atoms with E-state index in [0.29, 0.717) is 13.1 Å². The second-order valence-corrected chi connectivity index (χ2v) is 4.95. The van der Waals surface area contributed by atoms with E-state index >= 15 is 0 Å². The van der Waals surface area contributed by atoms with Gasteiger partial charge >= 0.3 is 0 Å². The number of hydrogen-bond acceptors (Lipinski definition) is 2. The third kappa shape index (κ3) is 2.72. The summed E-state index contributed by atoms with van der Waals surface area (Å²) in [6.45, 7) is 9.02. The summed E-state index contributed by atoms with van der Waals surface area (Å²) in [5.41, 5.74) is 7.40. The lowest BCUT2D eigenvalue weighted by atomic mass is 9.85. The molecule has 1 unspecified atom stereocenters. The SMILES string of the molecule is CCN(C(=O)C(C)(CC)CN)c1ccccc1C. The Balaban J connectivity index is 3.12. The third-order valence-electron chi connectivity index (χ3n) is 3.71. The average molecular weight is 248 g/mol. The van der Waals surface area contributed by atoms with Gasteiger partial charge in [0.1, 0.15) is 0 Å². The van der Waals surface area contributed by atoms with Crippen LogP contribution in [0.25, 0.3) is 0 Å². The largest absolute Gasteiger partial charge is 0.329 e. The predicted molar refractivity (Wildman–Crippen MR) is 76.7 cm³/mol. The molecule has 100 valence electrons. The average Bonchev–Trinajstić information content (AvgIpc) is 2.40. The molecule has 0 spiro atoms. The van der Waals surface area contributed by atoms with E-state index in [1.807, 2.05) is 56.9 Å². The molecule has 0 saturated carbocycles. The number of rotatable bonds is 5. The number of benzene rings is 1. The van der Waals surface area contributed by atoms with Gasteiger partial charge in [0, 0.05) is 18.8 Å². The highest BCUT2D eigenvalue weighted by atomic mass is 16.2. The first kappa shape index (κ1) is 14.7. The molecule has 3 nitrogen and oxygen atoms in total. The first-order valence-electron chi connectivity index (χ1n) is 6.57. The molecule has 0 radical (unpaired) electrons. The lowest BCUT2D eigenvalue weighted by molar-refractivity contribution is -0.127. The normalized spacial score (nSPS) is 14.1. The van der Waals surface area contributed by atoms with Gasteiger partial charge in [0.15, 0.2) is 0 Å². The van der Waals surface area contributed by atoms with E-state index in [1.165, 1.54) is 0 Å². The van der Waals surface area contributed by atoms with Gasteiger partial charge in [-0.1, -0.05) is 25.1 Å². The minimum absolute atomic E-state index is 0.115. The van der Waals surface area contributed by atoms with Gasteiger partial charge in [-0.2, -0.15) is 0 Å². The molecule has 0 heterocycles. The summed E-state index contributed by atoms with van der Waals surface area (Å²) in [7, 11) is 0. The molecule has 18 heavy (non-hydrogen) atoms. The summed E-state index contributed by atoms with van der Waals surface area (Å²) in [4.78, 5) is 14.5. The molecule has 0 fully saturated rings. The van der Waals surface area contributed by atoms with Crippen LogP contribution in [0.1, 0.15) is 32.8 Å². The Kier molecular flexibility index (Phi) is 4.91. The number of carbonyl (C=O) groups excluding carboxylic acids is 1. The number of aryl methyl sites for hydroxylation is 1. The van der Waals surface area contributed by atoms with Gasteiger partial charge in [0.2, 0.25) is 5.91 Å². The zero-order chi connectivity index (χ0) is 13.8. The van der Waals surface area contributed by atoms with Crippen molar-refractivity contribution < 1.29 is 4.79 Å². The number of hydrogen-bond donors (Lipinski definition) is 1. The Morgan fingerprint density at radius 2 is 1.94 bits per heavy atom. The van der Waals surface area contributed by atoms with Crippen LogP contribution >= 0.6 is 0 Å². The fraction of sp³-hybridized carbons (Fsp3) is 0.533. The van der Waals surface area contributed by atoms with E-state index in [9.17, 15) is 4.79 Å². The van der Waals surface area contributed by atoms with Gasteiger partial charge < -0.3 is 10.6 Å². The molecular formula is C15H24N2O. The molecule has 1 aromatic rings. The van der Waals surface area contributed by atoms with Gasteiger partial charge in [0.05, 0.1) is 5.41 Å². The van der Waals surface area contributed by atoms with Gasteiger partial charge in [-0.25, -0.2) is 0 Å². The molecule has 3 heteroatoms. The zero-order valence-electron chi connectivity index (χ0n) is 11.9.